The van der Waals surface area contributed by atoms with E-state index in [9.17, 15) is 5.11 Å². The highest BCUT2D eigenvalue weighted by Crippen LogP contribution is 2.31. The molecular weight excluding hydrogens is 340 g/mol. The summed E-state index contributed by atoms with van der Waals surface area (Å²) in [4.78, 5) is 6.97. The van der Waals surface area contributed by atoms with E-state index in [4.69, 9.17) is 4.74 Å². The number of hydrogen-bond donors (Lipinski definition) is 3. The van der Waals surface area contributed by atoms with Crippen LogP contribution in [0.1, 0.15) is 37.3 Å². The Bertz CT molecular complexity index is 581. The van der Waals surface area contributed by atoms with E-state index in [-0.39, 0.29) is 12.0 Å². The van der Waals surface area contributed by atoms with Crippen LogP contribution in [0.3, 0.4) is 0 Å². The second-order valence-electron chi connectivity index (χ2n) is 7.75. The van der Waals surface area contributed by atoms with Gasteiger partial charge in [0.1, 0.15) is 0 Å². The highest BCUT2D eigenvalue weighted by Gasteiger charge is 2.34. The lowest BCUT2D eigenvalue weighted by atomic mass is 9.84. The van der Waals surface area contributed by atoms with Crippen LogP contribution in [0.25, 0.3) is 0 Å². The van der Waals surface area contributed by atoms with Crippen molar-refractivity contribution in [2.24, 2.45) is 10.4 Å². The second kappa shape index (κ2) is 10.1. The lowest BCUT2D eigenvalue weighted by Gasteiger charge is -2.30. The number of nitrogens with zero attached hydrogens (tertiary/aromatic N) is 2. The molecule has 0 aliphatic carbocycles. The van der Waals surface area contributed by atoms with Gasteiger partial charge in [0.05, 0.1) is 12.6 Å². The number of ether oxygens (including phenoxy) is 1. The Morgan fingerprint density at radius 3 is 2.67 bits per heavy atom. The summed E-state index contributed by atoms with van der Waals surface area (Å²) in [5, 5.41) is 16.4. The minimum Gasteiger partial charge on any atom is -0.396 e. The van der Waals surface area contributed by atoms with Crippen molar-refractivity contribution in [3.63, 3.8) is 0 Å². The smallest absolute Gasteiger partial charge is 0.191 e. The average Bonchev–Trinajstić information content (AvgIpc) is 3.38. The number of hydrogen-bond acceptors (Lipinski definition) is 4. The fraction of sp³-hybridized carbons (Fsp3) is 0.667. The number of guanidine groups is 1. The van der Waals surface area contributed by atoms with Gasteiger partial charge in [-0.15, -0.1) is 0 Å². The van der Waals surface area contributed by atoms with Gasteiger partial charge in [-0.05, 0) is 44.3 Å². The molecule has 3 rings (SSSR count). The lowest BCUT2D eigenvalue weighted by Crippen LogP contribution is -2.46. The van der Waals surface area contributed by atoms with Gasteiger partial charge in [0.2, 0.25) is 0 Å². The maximum Gasteiger partial charge on any atom is 0.191 e. The Kier molecular flexibility index (Phi) is 7.50. The van der Waals surface area contributed by atoms with Gasteiger partial charge in [-0.3, -0.25) is 9.89 Å². The largest absolute Gasteiger partial charge is 0.396 e. The van der Waals surface area contributed by atoms with Crippen LogP contribution in [0.4, 0.5) is 0 Å². The van der Waals surface area contributed by atoms with Crippen LogP contribution >= 0.6 is 0 Å². The van der Waals surface area contributed by atoms with Gasteiger partial charge in [0.15, 0.2) is 5.96 Å². The number of aliphatic hydroxyl groups excluding tert-OH is 1. The average molecular weight is 375 g/mol. The van der Waals surface area contributed by atoms with E-state index in [1.165, 1.54) is 18.4 Å². The van der Waals surface area contributed by atoms with E-state index >= 15 is 0 Å². The Hall–Kier alpha value is -1.63. The minimum absolute atomic E-state index is 0.0140. The molecule has 0 radical (unpaired) electrons. The molecule has 150 valence electrons. The molecule has 1 aromatic carbocycles. The first-order valence-corrected chi connectivity index (χ1v) is 10.2. The van der Waals surface area contributed by atoms with Gasteiger partial charge in [-0.2, -0.15) is 0 Å². The summed E-state index contributed by atoms with van der Waals surface area (Å²) in [5.74, 6) is 0.819. The van der Waals surface area contributed by atoms with Crippen molar-refractivity contribution in [2.75, 3.05) is 53.0 Å². The van der Waals surface area contributed by atoms with E-state index in [1.54, 1.807) is 0 Å². The number of aliphatic imine (C=N–C) groups is 1. The van der Waals surface area contributed by atoms with Gasteiger partial charge in [-0.1, -0.05) is 30.3 Å². The predicted molar refractivity (Wildman–Crippen MR) is 109 cm³/mol. The summed E-state index contributed by atoms with van der Waals surface area (Å²) in [6, 6.07) is 11.1. The normalized spacial score (nSPS) is 24.9. The molecule has 6 nitrogen and oxygen atoms in total. The van der Waals surface area contributed by atoms with Gasteiger partial charge >= 0.3 is 0 Å². The van der Waals surface area contributed by atoms with Crippen molar-refractivity contribution in [1.29, 1.82) is 0 Å². The summed E-state index contributed by atoms with van der Waals surface area (Å²) in [6.45, 7) is 5.59. The van der Waals surface area contributed by atoms with Crippen LogP contribution in [0.2, 0.25) is 0 Å². The standard InChI is InChI=1S/C21H34N4O2/c1-22-20(24-16-21(9-13-26)10-14-27-17-21)23-15-19(25-11-5-6-12-25)18-7-3-2-4-8-18/h2-4,7-8,19,26H,5-6,9-17H2,1H3,(H2,22,23,24). The van der Waals surface area contributed by atoms with Crippen molar-refractivity contribution in [1.82, 2.24) is 15.5 Å². The summed E-state index contributed by atoms with van der Waals surface area (Å²) in [5.41, 5.74) is 1.36. The first-order valence-electron chi connectivity index (χ1n) is 10.2. The predicted octanol–water partition coefficient (Wildman–Crippen LogP) is 1.78. The van der Waals surface area contributed by atoms with Crippen LogP contribution in [0, 0.1) is 5.41 Å². The maximum atomic E-state index is 9.40. The van der Waals surface area contributed by atoms with Crippen molar-refractivity contribution >= 4 is 5.96 Å². The van der Waals surface area contributed by atoms with E-state index in [0.29, 0.717) is 12.6 Å². The molecule has 6 heteroatoms. The highest BCUT2D eigenvalue weighted by atomic mass is 16.5. The molecule has 0 aromatic heterocycles. The molecule has 27 heavy (non-hydrogen) atoms. The molecule has 0 amide bonds. The lowest BCUT2D eigenvalue weighted by molar-refractivity contribution is 0.127. The third-order valence-corrected chi connectivity index (χ3v) is 5.91. The SMILES string of the molecule is CN=C(NCC(c1ccccc1)N1CCCC1)NCC1(CCO)CCOC1. The van der Waals surface area contributed by atoms with E-state index in [2.05, 4.69) is 50.9 Å². The van der Waals surface area contributed by atoms with Crippen molar-refractivity contribution in [3.8, 4) is 0 Å². The summed E-state index contributed by atoms with van der Waals surface area (Å²) < 4.78 is 5.58. The van der Waals surface area contributed by atoms with Crippen LogP contribution in [0.5, 0.6) is 0 Å². The minimum atomic E-state index is 0.0140. The summed E-state index contributed by atoms with van der Waals surface area (Å²) in [7, 11) is 1.81. The van der Waals surface area contributed by atoms with Crippen LogP contribution < -0.4 is 10.6 Å². The van der Waals surface area contributed by atoms with Gasteiger partial charge < -0.3 is 20.5 Å². The number of likely N-dealkylation sites (tertiary alicyclic amines) is 1. The third kappa shape index (κ3) is 5.43. The molecule has 0 bridgehead atoms. The Labute approximate surface area is 163 Å². The summed E-state index contributed by atoms with van der Waals surface area (Å²) in [6.07, 6.45) is 4.30. The number of nitrogens with one attached hydrogen (secondary N) is 2. The van der Waals surface area contributed by atoms with E-state index in [0.717, 1.165) is 51.6 Å². The first kappa shape index (κ1) is 20.1. The molecule has 2 fully saturated rings. The van der Waals surface area contributed by atoms with Gasteiger partial charge in [0, 0.05) is 38.8 Å². The Morgan fingerprint density at radius 2 is 2.04 bits per heavy atom. The number of aliphatic hydroxyl groups is 1. The first-order chi connectivity index (χ1) is 13.3. The zero-order chi connectivity index (χ0) is 19.0. The van der Waals surface area contributed by atoms with Crippen LogP contribution in [-0.4, -0.2) is 69.0 Å². The zero-order valence-corrected chi connectivity index (χ0v) is 16.5. The number of benzene rings is 1. The van der Waals surface area contributed by atoms with Gasteiger partial charge in [-0.25, -0.2) is 0 Å². The second-order valence-corrected chi connectivity index (χ2v) is 7.75. The van der Waals surface area contributed by atoms with E-state index in [1.807, 2.05) is 7.05 Å². The molecule has 2 unspecified atom stereocenters. The fourth-order valence-corrected chi connectivity index (χ4v) is 4.18. The van der Waals surface area contributed by atoms with Crippen LogP contribution in [-0.2, 0) is 4.74 Å². The van der Waals surface area contributed by atoms with Crippen LogP contribution in [0.15, 0.2) is 35.3 Å². The monoisotopic (exact) mass is 374 g/mol. The zero-order valence-electron chi connectivity index (χ0n) is 16.5. The maximum absolute atomic E-state index is 9.40. The molecule has 1 aromatic rings. The number of rotatable bonds is 8. The van der Waals surface area contributed by atoms with Crippen molar-refractivity contribution in [2.45, 2.75) is 31.7 Å². The fourth-order valence-electron chi connectivity index (χ4n) is 4.18. The van der Waals surface area contributed by atoms with E-state index < -0.39 is 0 Å². The molecule has 2 atom stereocenters. The molecule has 3 N–H and O–H groups in total. The van der Waals surface area contributed by atoms with Gasteiger partial charge in [0.25, 0.3) is 0 Å². The molecule has 2 saturated heterocycles. The highest BCUT2D eigenvalue weighted by molar-refractivity contribution is 5.79. The Morgan fingerprint density at radius 1 is 1.26 bits per heavy atom. The molecular formula is C21H34N4O2. The quantitative estimate of drug-likeness (QED) is 0.478. The third-order valence-electron chi connectivity index (χ3n) is 5.91. The molecule has 2 heterocycles. The molecule has 2 aliphatic rings. The molecule has 0 spiro atoms. The molecule has 2 aliphatic heterocycles. The van der Waals surface area contributed by atoms with Crippen molar-refractivity contribution in [3.05, 3.63) is 35.9 Å². The Balaban J connectivity index is 1.58. The topological polar surface area (TPSA) is 69.1 Å². The summed E-state index contributed by atoms with van der Waals surface area (Å²) >= 11 is 0. The van der Waals surface area contributed by atoms with Crippen molar-refractivity contribution < 1.29 is 9.84 Å². The molecule has 0 saturated carbocycles.